The summed E-state index contributed by atoms with van der Waals surface area (Å²) in [6.45, 7) is 7.62. The van der Waals surface area contributed by atoms with E-state index in [1.54, 1.807) is 18.9 Å². The van der Waals surface area contributed by atoms with Crippen molar-refractivity contribution in [3.05, 3.63) is 52.5 Å². The van der Waals surface area contributed by atoms with Crippen LogP contribution in [0, 0.1) is 0 Å². The maximum atomic E-state index is 12.2. The molecule has 0 spiro atoms. The lowest BCUT2D eigenvalue weighted by Gasteiger charge is -2.35. The number of hydrogen-bond donors (Lipinski definition) is 1. The van der Waals surface area contributed by atoms with E-state index < -0.39 is 0 Å². The molecule has 0 saturated carbocycles. The second kappa shape index (κ2) is 11.4. The van der Waals surface area contributed by atoms with E-state index in [-0.39, 0.29) is 11.9 Å². The molecule has 1 aliphatic rings. The second-order valence-corrected chi connectivity index (χ2v) is 10.5. The van der Waals surface area contributed by atoms with E-state index in [0.29, 0.717) is 6.54 Å². The number of para-hydroxylation sites is 2. The summed E-state index contributed by atoms with van der Waals surface area (Å²) in [6.07, 6.45) is 0. The number of hydrogen-bond acceptors (Lipinski definition) is 7. The number of thioether (sulfide) groups is 1. The normalized spacial score (nSPS) is 14.6. The van der Waals surface area contributed by atoms with E-state index in [1.165, 1.54) is 0 Å². The summed E-state index contributed by atoms with van der Waals surface area (Å²) in [6, 6.07) is 14.2. The van der Waals surface area contributed by atoms with Gasteiger partial charge in [-0.3, -0.25) is 9.69 Å². The van der Waals surface area contributed by atoms with Gasteiger partial charge in [0.05, 0.1) is 24.7 Å². The lowest BCUT2D eigenvalue weighted by molar-refractivity contribution is -0.122. The van der Waals surface area contributed by atoms with Crippen molar-refractivity contribution < 1.29 is 9.53 Å². The number of carbonyl (C=O) groups is 1. The Kier molecular flexibility index (Phi) is 8.28. The monoisotopic (exact) mass is 543 g/mol. The van der Waals surface area contributed by atoms with Gasteiger partial charge in [-0.2, -0.15) is 0 Å². The highest BCUT2D eigenvalue weighted by Crippen LogP contribution is 2.34. The van der Waals surface area contributed by atoms with Gasteiger partial charge in [-0.25, -0.2) is 9.97 Å². The summed E-state index contributed by atoms with van der Waals surface area (Å²) >= 11 is 5.23. The van der Waals surface area contributed by atoms with Crippen LogP contribution in [0.4, 0.5) is 5.82 Å². The Bertz CT molecular complexity index is 1150. The van der Waals surface area contributed by atoms with Gasteiger partial charge in [-0.15, -0.1) is 0 Å². The molecule has 0 radical (unpaired) electrons. The minimum Gasteiger partial charge on any atom is -0.496 e. The molecule has 1 aliphatic heterocycles. The molecule has 2 aromatic carbocycles. The van der Waals surface area contributed by atoms with Crippen molar-refractivity contribution in [2.24, 2.45) is 0 Å². The lowest BCUT2D eigenvalue weighted by Crippen LogP contribution is -2.50. The third-order valence-corrected chi connectivity index (χ3v) is 7.11. The molecule has 34 heavy (non-hydrogen) atoms. The van der Waals surface area contributed by atoms with Crippen molar-refractivity contribution in [3.8, 4) is 5.75 Å². The smallest absolute Gasteiger partial charge is 0.234 e. The first kappa shape index (κ1) is 24.8. The number of amides is 1. The van der Waals surface area contributed by atoms with Gasteiger partial charge in [0.1, 0.15) is 10.8 Å². The van der Waals surface area contributed by atoms with Gasteiger partial charge < -0.3 is 15.0 Å². The van der Waals surface area contributed by atoms with Gasteiger partial charge in [0.15, 0.2) is 5.82 Å². The Morgan fingerprint density at radius 2 is 1.82 bits per heavy atom. The Hall–Kier alpha value is -2.36. The van der Waals surface area contributed by atoms with Crippen LogP contribution in [0.5, 0.6) is 5.75 Å². The Morgan fingerprint density at radius 1 is 1.12 bits per heavy atom. The molecule has 1 fully saturated rings. The first-order valence-corrected chi connectivity index (χ1v) is 13.2. The van der Waals surface area contributed by atoms with Crippen molar-refractivity contribution in [2.45, 2.75) is 30.7 Å². The number of methoxy groups -OCH3 is 1. The molecule has 0 unspecified atom stereocenters. The van der Waals surface area contributed by atoms with Gasteiger partial charge in [0.2, 0.25) is 5.91 Å². The van der Waals surface area contributed by atoms with Crippen LogP contribution in [0.3, 0.4) is 0 Å². The molecule has 2 heterocycles. The predicted molar refractivity (Wildman–Crippen MR) is 142 cm³/mol. The van der Waals surface area contributed by atoms with Crippen LogP contribution in [0.1, 0.15) is 19.4 Å². The largest absolute Gasteiger partial charge is 0.496 e. The first-order valence-electron chi connectivity index (χ1n) is 11.4. The van der Waals surface area contributed by atoms with Crippen LogP contribution in [-0.4, -0.2) is 66.7 Å². The van der Waals surface area contributed by atoms with Crippen LogP contribution >= 0.6 is 27.7 Å². The zero-order chi connectivity index (χ0) is 24.1. The molecule has 1 N–H and O–H groups in total. The molecule has 0 aliphatic carbocycles. The predicted octanol–water partition coefficient (Wildman–Crippen LogP) is 4.34. The van der Waals surface area contributed by atoms with E-state index in [1.807, 2.05) is 50.2 Å². The first-order chi connectivity index (χ1) is 16.4. The van der Waals surface area contributed by atoms with Crippen LogP contribution in [0.25, 0.3) is 11.0 Å². The summed E-state index contributed by atoms with van der Waals surface area (Å²) in [4.78, 5) is 26.6. The minimum atomic E-state index is 0.0770. The van der Waals surface area contributed by atoms with Gasteiger partial charge in [0, 0.05) is 48.0 Å². The number of halogens is 1. The fourth-order valence-corrected chi connectivity index (χ4v) is 5.36. The third-order valence-electron chi connectivity index (χ3n) is 5.62. The van der Waals surface area contributed by atoms with E-state index in [4.69, 9.17) is 14.7 Å². The minimum absolute atomic E-state index is 0.0770. The summed E-state index contributed by atoms with van der Waals surface area (Å²) in [7, 11) is 1.69. The topological polar surface area (TPSA) is 70.6 Å². The van der Waals surface area contributed by atoms with Gasteiger partial charge in [-0.05, 0) is 44.2 Å². The maximum absolute atomic E-state index is 12.2. The Balaban J connectivity index is 1.52. The molecule has 180 valence electrons. The SMILES string of the molecule is COc1ccc(Br)cc1CSc1nc2ccccc2nc1N1CCN(CC(=O)NC(C)C)CC1. The van der Waals surface area contributed by atoms with Crippen LogP contribution in [-0.2, 0) is 10.5 Å². The van der Waals surface area contributed by atoms with Crippen molar-refractivity contribution in [1.29, 1.82) is 0 Å². The summed E-state index contributed by atoms with van der Waals surface area (Å²) in [5, 5.41) is 3.88. The number of fused-ring (bicyclic) bond motifs is 1. The van der Waals surface area contributed by atoms with Gasteiger partial charge >= 0.3 is 0 Å². The number of nitrogens with zero attached hydrogens (tertiary/aromatic N) is 4. The number of aromatic nitrogens is 2. The number of ether oxygens (including phenoxy) is 1. The molecule has 1 amide bonds. The summed E-state index contributed by atoms with van der Waals surface area (Å²) in [5.41, 5.74) is 2.88. The Morgan fingerprint density at radius 3 is 2.50 bits per heavy atom. The fraction of sp³-hybridized carbons (Fsp3) is 0.400. The van der Waals surface area contributed by atoms with Gasteiger partial charge in [-0.1, -0.05) is 39.8 Å². The molecular formula is C25H30BrN5O2S. The van der Waals surface area contributed by atoms with E-state index in [0.717, 1.165) is 69.6 Å². The van der Waals surface area contributed by atoms with Crippen LogP contribution in [0.2, 0.25) is 0 Å². The summed E-state index contributed by atoms with van der Waals surface area (Å²) in [5.74, 6) is 2.56. The van der Waals surface area contributed by atoms with E-state index in [9.17, 15) is 4.79 Å². The zero-order valence-electron chi connectivity index (χ0n) is 19.8. The number of benzene rings is 2. The highest BCUT2D eigenvalue weighted by Gasteiger charge is 2.23. The third kappa shape index (κ3) is 6.20. The number of anilines is 1. The Labute approximate surface area is 213 Å². The van der Waals surface area contributed by atoms with E-state index in [2.05, 4.69) is 37.1 Å². The number of carbonyl (C=O) groups excluding carboxylic acids is 1. The standard InChI is InChI=1S/C25H30BrN5O2S/c1-17(2)27-23(32)15-30-10-12-31(13-11-30)24-25(29-21-7-5-4-6-20(21)28-24)34-16-18-14-19(26)8-9-22(18)33-3/h4-9,14,17H,10-13,15-16H2,1-3H3,(H,27,32). The number of rotatable bonds is 8. The average molecular weight is 545 g/mol. The van der Waals surface area contributed by atoms with E-state index >= 15 is 0 Å². The van der Waals surface area contributed by atoms with Gasteiger partial charge in [0.25, 0.3) is 0 Å². The molecule has 0 bridgehead atoms. The molecule has 1 aromatic heterocycles. The van der Waals surface area contributed by atoms with Crippen molar-refractivity contribution in [3.63, 3.8) is 0 Å². The van der Waals surface area contributed by atoms with Crippen LogP contribution < -0.4 is 15.0 Å². The molecule has 9 heteroatoms. The van der Waals surface area contributed by atoms with Crippen molar-refractivity contribution in [2.75, 3.05) is 44.7 Å². The highest BCUT2D eigenvalue weighted by atomic mass is 79.9. The molecule has 1 saturated heterocycles. The second-order valence-electron chi connectivity index (χ2n) is 8.57. The van der Waals surface area contributed by atoms with Crippen molar-refractivity contribution in [1.82, 2.24) is 20.2 Å². The zero-order valence-corrected chi connectivity index (χ0v) is 22.2. The van der Waals surface area contributed by atoms with Crippen molar-refractivity contribution >= 4 is 50.5 Å². The van der Waals surface area contributed by atoms with Crippen LogP contribution in [0.15, 0.2) is 52.0 Å². The molecule has 4 rings (SSSR count). The highest BCUT2D eigenvalue weighted by molar-refractivity contribution is 9.10. The quantitative estimate of drug-likeness (QED) is 0.423. The molecule has 7 nitrogen and oxygen atoms in total. The summed E-state index contributed by atoms with van der Waals surface area (Å²) < 4.78 is 6.57. The molecule has 3 aromatic rings. The number of piperazine rings is 1. The number of nitrogens with one attached hydrogen (secondary N) is 1. The lowest BCUT2D eigenvalue weighted by atomic mass is 10.2. The fourth-order valence-electron chi connectivity index (χ4n) is 3.97. The average Bonchev–Trinajstić information content (AvgIpc) is 2.82. The maximum Gasteiger partial charge on any atom is 0.234 e. The molecular weight excluding hydrogens is 514 g/mol. The molecule has 0 atom stereocenters.